The lowest BCUT2D eigenvalue weighted by Crippen LogP contribution is -2.57. The predicted molar refractivity (Wildman–Crippen MR) is 188 cm³/mol. The van der Waals surface area contributed by atoms with Crippen molar-refractivity contribution in [1.29, 1.82) is 0 Å². The molecule has 0 bridgehead atoms. The van der Waals surface area contributed by atoms with Crippen molar-refractivity contribution in [2.45, 2.75) is 109 Å². The SMILES string of the molecule is C=C[C@@H]1C[C@]1(NC(=O)[C@@H]1C[C@@H](Oc2nc3cc(OC)ccc3nc2C)CN1C(=O)[C@@H](CC(=O)OC(C)(C)C)C(C)(C)C)C(=O)NS(=O)(=O)C1CC1. The molecule has 15 heteroatoms. The van der Waals surface area contributed by atoms with E-state index >= 15 is 0 Å². The molecule has 1 saturated heterocycles. The number of nitrogens with zero attached hydrogens (tertiary/aromatic N) is 3. The first-order valence-electron chi connectivity index (χ1n) is 17.2. The molecule has 278 valence electrons. The van der Waals surface area contributed by atoms with E-state index in [-0.39, 0.29) is 31.7 Å². The van der Waals surface area contributed by atoms with Crippen LogP contribution in [0.3, 0.4) is 0 Å². The lowest BCUT2D eigenvalue weighted by atomic mass is 9.77. The highest BCUT2D eigenvalue weighted by Gasteiger charge is 2.62. The molecule has 2 heterocycles. The topological polar surface area (TPSA) is 183 Å². The van der Waals surface area contributed by atoms with Crippen molar-refractivity contribution in [2.75, 3.05) is 13.7 Å². The third-order valence-corrected chi connectivity index (χ3v) is 11.3. The lowest BCUT2D eigenvalue weighted by molar-refractivity contribution is -0.161. The van der Waals surface area contributed by atoms with Gasteiger partial charge in [0.05, 0.1) is 42.3 Å². The van der Waals surface area contributed by atoms with Gasteiger partial charge in [0.25, 0.3) is 5.91 Å². The number of amides is 3. The minimum Gasteiger partial charge on any atom is -0.497 e. The van der Waals surface area contributed by atoms with Gasteiger partial charge in [0, 0.05) is 18.4 Å². The fourth-order valence-corrected chi connectivity index (χ4v) is 7.77. The highest BCUT2D eigenvalue weighted by atomic mass is 32.2. The second kappa shape index (κ2) is 13.7. The summed E-state index contributed by atoms with van der Waals surface area (Å²) < 4.78 is 44.7. The normalized spacial score (nSPS) is 24.0. The van der Waals surface area contributed by atoms with Gasteiger partial charge in [-0.1, -0.05) is 26.8 Å². The van der Waals surface area contributed by atoms with Gasteiger partial charge in [0.2, 0.25) is 27.7 Å². The highest BCUT2D eigenvalue weighted by Crippen LogP contribution is 2.46. The van der Waals surface area contributed by atoms with Crippen molar-refractivity contribution in [1.82, 2.24) is 24.9 Å². The van der Waals surface area contributed by atoms with E-state index in [4.69, 9.17) is 14.2 Å². The third kappa shape index (κ3) is 8.45. The van der Waals surface area contributed by atoms with Crippen molar-refractivity contribution >= 4 is 44.7 Å². The first kappa shape index (κ1) is 38.0. The number of carbonyl (C=O) groups is 4. The Kier molecular flexibility index (Phi) is 10.2. The van der Waals surface area contributed by atoms with E-state index < -0.39 is 79.5 Å². The zero-order chi connectivity index (χ0) is 37.7. The molecule has 2 saturated carbocycles. The van der Waals surface area contributed by atoms with Crippen LogP contribution in [0.15, 0.2) is 30.9 Å². The molecule has 5 rings (SSSR count). The number of nitrogens with one attached hydrogen (secondary N) is 2. The van der Waals surface area contributed by atoms with E-state index in [0.29, 0.717) is 35.3 Å². The van der Waals surface area contributed by atoms with E-state index in [0.717, 1.165) is 0 Å². The Morgan fingerprint density at radius 1 is 1.10 bits per heavy atom. The number of hydrogen-bond acceptors (Lipinski definition) is 11. The van der Waals surface area contributed by atoms with Gasteiger partial charge in [0.15, 0.2) is 0 Å². The summed E-state index contributed by atoms with van der Waals surface area (Å²) in [4.78, 5) is 65.8. The molecule has 1 aliphatic heterocycles. The molecule has 2 aromatic rings. The first-order valence-corrected chi connectivity index (χ1v) is 18.7. The number of ether oxygens (including phenoxy) is 3. The number of rotatable bonds is 12. The van der Waals surface area contributed by atoms with Gasteiger partial charge in [-0.25, -0.2) is 18.4 Å². The number of fused-ring (bicyclic) bond motifs is 1. The molecule has 3 aliphatic rings. The third-order valence-electron chi connectivity index (χ3n) is 9.51. The highest BCUT2D eigenvalue weighted by molar-refractivity contribution is 7.91. The molecule has 0 unspecified atom stereocenters. The van der Waals surface area contributed by atoms with E-state index in [2.05, 4.69) is 26.6 Å². The van der Waals surface area contributed by atoms with Crippen LogP contribution in [0.5, 0.6) is 11.6 Å². The summed E-state index contributed by atoms with van der Waals surface area (Å²) in [7, 11) is -2.35. The molecule has 0 spiro atoms. The van der Waals surface area contributed by atoms with Crippen LogP contribution in [0.2, 0.25) is 0 Å². The predicted octanol–water partition coefficient (Wildman–Crippen LogP) is 3.36. The van der Waals surface area contributed by atoms with Gasteiger partial charge in [-0.05, 0) is 64.5 Å². The number of likely N-dealkylation sites (tertiary alicyclic amines) is 1. The minimum atomic E-state index is -3.89. The number of aryl methyl sites for hydroxylation is 1. The Balaban J connectivity index is 1.45. The van der Waals surface area contributed by atoms with Crippen LogP contribution in [0, 0.1) is 24.2 Å². The number of aromatic nitrogens is 2. The summed E-state index contributed by atoms with van der Waals surface area (Å²) in [5.41, 5.74) is -1.38. The van der Waals surface area contributed by atoms with Gasteiger partial charge in [0.1, 0.15) is 34.7 Å². The van der Waals surface area contributed by atoms with Crippen molar-refractivity contribution < 1.29 is 41.8 Å². The molecule has 5 atom stereocenters. The number of carbonyl (C=O) groups excluding carboxylic acids is 4. The zero-order valence-electron chi connectivity index (χ0n) is 30.6. The molecule has 14 nitrogen and oxygen atoms in total. The Morgan fingerprint density at radius 2 is 1.78 bits per heavy atom. The fourth-order valence-electron chi connectivity index (χ4n) is 6.41. The molecular weight excluding hydrogens is 678 g/mol. The van der Waals surface area contributed by atoms with Crippen LogP contribution >= 0.6 is 0 Å². The van der Waals surface area contributed by atoms with Crippen LogP contribution in [0.1, 0.15) is 79.3 Å². The smallest absolute Gasteiger partial charge is 0.307 e. The monoisotopic (exact) mass is 727 g/mol. The largest absolute Gasteiger partial charge is 0.497 e. The molecular formula is C36H49N5O9S. The number of hydrogen-bond donors (Lipinski definition) is 2. The number of methoxy groups -OCH3 is 1. The van der Waals surface area contributed by atoms with Crippen molar-refractivity contribution in [2.24, 2.45) is 17.3 Å². The van der Waals surface area contributed by atoms with Crippen LogP contribution in [0.4, 0.5) is 0 Å². The maximum Gasteiger partial charge on any atom is 0.307 e. The average Bonchev–Trinajstić information content (AvgIpc) is 3.95. The van der Waals surface area contributed by atoms with Crippen LogP contribution in [0.25, 0.3) is 11.0 Å². The van der Waals surface area contributed by atoms with E-state index in [1.165, 1.54) is 11.0 Å². The Morgan fingerprint density at radius 3 is 2.35 bits per heavy atom. The van der Waals surface area contributed by atoms with Crippen molar-refractivity contribution in [3.63, 3.8) is 0 Å². The summed E-state index contributed by atoms with van der Waals surface area (Å²) in [6.45, 7) is 16.2. The molecule has 1 aromatic heterocycles. The van der Waals surface area contributed by atoms with E-state index in [9.17, 15) is 27.6 Å². The first-order chi connectivity index (χ1) is 23.7. The second-order valence-corrected chi connectivity index (χ2v) is 17.8. The van der Waals surface area contributed by atoms with Gasteiger partial charge < -0.3 is 24.4 Å². The van der Waals surface area contributed by atoms with Crippen LogP contribution in [-0.4, -0.2) is 89.2 Å². The van der Waals surface area contributed by atoms with Gasteiger partial charge in [-0.3, -0.25) is 23.9 Å². The second-order valence-electron chi connectivity index (χ2n) is 15.8. The Bertz CT molecular complexity index is 1850. The zero-order valence-corrected chi connectivity index (χ0v) is 31.4. The van der Waals surface area contributed by atoms with Gasteiger partial charge in [-0.15, -0.1) is 6.58 Å². The van der Waals surface area contributed by atoms with Gasteiger partial charge in [-0.2, -0.15) is 0 Å². The maximum absolute atomic E-state index is 14.5. The number of sulfonamides is 1. The quantitative estimate of drug-likeness (QED) is 0.242. The summed E-state index contributed by atoms with van der Waals surface area (Å²) in [5, 5.41) is 2.15. The fraction of sp³-hybridized carbons (Fsp3) is 0.611. The minimum absolute atomic E-state index is 0.0228. The summed E-state index contributed by atoms with van der Waals surface area (Å²) >= 11 is 0. The Hall–Kier alpha value is -4.27. The maximum atomic E-state index is 14.5. The van der Waals surface area contributed by atoms with Gasteiger partial charge >= 0.3 is 5.97 Å². The lowest BCUT2D eigenvalue weighted by Gasteiger charge is -2.35. The van der Waals surface area contributed by atoms with Crippen molar-refractivity contribution in [3.8, 4) is 11.6 Å². The molecule has 3 amide bonds. The summed E-state index contributed by atoms with van der Waals surface area (Å²) in [6, 6.07) is 4.14. The number of benzene rings is 1. The van der Waals surface area contributed by atoms with E-state index in [1.54, 1.807) is 53.0 Å². The van der Waals surface area contributed by atoms with Crippen molar-refractivity contribution in [3.05, 3.63) is 36.5 Å². The van der Waals surface area contributed by atoms with E-state index in [1.807, 2.05) is 20.8 Å². The summed E-state index contributed by atoms with van der Waals surface area (Å²) in [6.07, 6.45) is 1.64. The van der Waals surface area contributed by atoms with Crippen LogP contribution < -0.4 is 19.5 Å². The molecule has 2 aliphatic carbocycles. The Labute approximate surface area is 299 Å². The molecule has 1 aromatic carbocycles. The molecule has 2 N–H and O–H groups in total. The standard InChI is InChI=1S/C36H49N5O9S/c1-10-21-18-36(21,33(45)40-51(46,47)24-12-13-24)39-30(43)28-16-23(49-31-20(2)37-26-14-11-22(48-9)15-27(26)38-31)19-41(28)32(44)25(34(3,4)5)17-29(42)50-35(6,7)8/h10-11,14-15,21,23-25,28H,1,12-13,16-19H2,2-9H3,(H,39,43)(H,40,45)/t21-,23-,25-,28+,36-/m1/s1. The molecule has 3 fully saturated rings. The number of esters is 1. The average molecular weight is 728 g/mol. The molecule has 51 heavy (non-hydrogen) atoms. The van der Waals surface area contributed by atoms with Crippen LogP contribution in [-0.2, 0) is 33.9 Å². The molecule has 0 radical (unpaired) electrons. The summed E-state index contributed by atoms with van der Waals surface area (Å²) in [5.74, 6) is -3.11.